The Labute approximate surface area is 283 Å². The largest absolute Gasteiger partial charge is 0.455 e. The first-order chi connectivity index (χ1) is 24.3. The van der Waals surface area contributed by atoms with Crippen LogP contribution in [0.5, 0.6) is 0 Å². The van der Waals surface area contributed by atoms with Crippen LogP contribution in [0, 0.1) is 0 Å². The quantitative estimate of drug-likeness (QED) is 0.190. The number of benzene rings is 8. The van der Waals surface area contributed by atoms with E-state index in [9.17, 15) is 0 Å². The van der Waals surface area contributed by atoms with E-state index in [0.29, 0.717) is 0 Å². The second-order valence-corrected chi connectivity index (χ2v) is 12.6. The van der Waals surface area contributed by atoms with Gasteiger partial charge in [0.25, 0.3) is 0 Å². The number of para-hydroxylation sites is 3. The molecule has 49 heavy (non-hydrogen) atoms. The third-order valence-corrected chi connectivity index (χ3v) is 9.76. The van der Waals surface area contributed by atoms with E-state index < -0.39 is 0 Å². The summed E-state index contributed by atoms with van der Waals surface area (Å²) in [5, 5.41) is 6.96. The number of hydrogen-bond acceptors (Lipinski definition) is 2. The molecule has 0 saturated carbocycles. The molecule has 0 atom stereocenters. The number of furan rings is 1. The highest BCUT2D eigenvalue weighted by Gasteiger charge is 2.21. The molecule has 2 heterocycles. The summed E-state index contributed by atoms with van der Waals surface area (Å²) in [5.41, 5.74) is 11.0. The first-order valence-corrected chi connectivity index (χ1v) is 16.7. The zero-order chi connectivity index (χ0) is 32.3. The molecule has 0 aliphatic rings. The fourth-order valence-electron chi connectivity index (χ4n) is 7.55. The molecule has 0 spiro atoms. The highest BCUT2D eigenvalue weighted by molar-refractivity contribution is 6.19. The molecule has 0 amide bonds. The van der Waals surface area contributed by atoms with Gasteiger partial charge in [-0.2, -0.15) is 0 Å². The molecule has 0 N–H and O–H groups in total. The molecule has 0 saturated heterocycles. The maximum Gasteiger partial charge on any atom is 0.143 e. The van der Waals surface area contributed by atoms with Crippen LogP contribution >= 0.6 is 0 Å². The third-order valence-electron chi connectivity index (χ3n) is 9.76. The van der Waals surface area contributed by atoms with Gasteiger partial charge in [0.05, 0.1) is 16.7 Å². The number of aromatic nitrogens is 1. The Hall–Kier alpha value is -6.58. The standard InChI is InChI=1S/C46H30N2O/c1-2-13-31(14-3-1)32-15-12-16-35(29-32)47(44-30-41-39-20-8-11-24-45(39)49-46(41)40-21-5-4-19-38(40)44)33-25-27-34(28-26-33)48-42-22-9-6-17-36(42)37-18-7-10-23-43(37)48/h1-30H. The lowest BCUT2D eigenvalue weighted by molar-refractivity contribution is 0.672. The molecule has 0 aliphatic carbocycles. The number of rotatable bonds is 5. The predicted molar refractivity (Wildman–Crippen MR) is 206 cm³/mol. The smallest absolute Gasteiger partial charge is 0.143 e. The van der Waals surface area contributed by atoms with Crippen molar-refractivity contribution in [3.63, 3.8) is 0 Å². The SMILES string of the molecule is c1ccc(-c2cccc(N(c3ccc(-n4c5ccccc5c5ccccc54)cc3)c3cc4c5ccccc5oc4c4ccccc34)c2)cc1. The van der Waals surface area contributed by atoms with Gasteiger partial charge in [0.2, 0.25) is 0 Å². The van der Waals surface area contributed by atoms with Crippen LogP contribution in [-0.4, -0.2) is 4.57 Å². The van der Waals surface area contributed by atoms with Crippen LogP contribution in [0.25, 0.3) is 71.3 Å². The predicted octanol–water partition coefficient (Wildman–Crippen LogP) is 13.0. The van der Waals surface area contributed by atoms with E-state index in [0.717, 1.165) is 55.5 Å². The number of fused-ring (bicyclic) bond motifs is 8. The first-order valence-electron chi connectivity index (χ1n) is 16.7. The highest BCUT2D eigenvalue weighted by Crippen LogP contribution is 2.45. The lowest BCUT2D eigenvalue weighted by Crippen LogP contribution is -2.11. The molecule has 8 aromatic carbocycles. The summed E-state index contributed by atoms with van der Waals surface area (Å²) >= 11 is 0. The molecule has 3 heteroatoms. The lowest BCUT2D eigenvalue weighted by Gasteiger charge is -2.28. The van der Waals surface area contributed by atoms with Crippen molar-refractivity contribution in [1.29, 1.82) is 0 Å². The minimum atomic E-state index is 0.896. The van der Waals surface area contributed by atoms with Crippen LogP contribution in [-0.2, 0) is 0 Å². The van der Waals surface area contributed by atoms with E-state index in [1.165, 1.54) is 32.9 Å². The van der Waals surface area contributed by atoms with Gasteiger partial charge < -0.3 is 13.9 Å². The van der Waals surface area contributed by atoms with Crippen molar-refractivity contribution in [3.05, 3.63) is 182 Å². The van der Waals surface area contributed by atoms with Crippen molar-refractivity contribution in [2.45, 2.75) is 0 Å². The normalized spacial score (nSPS) is 11.7. The van der Waals surface area contributed by atoms with Gasteiger partial charge in [-0.25, -0.2) is 0 Å². The Morgan fingerprint density at radius 1 is 0.388 bits per heavy atom. The summed E-state index contributed by atoms with van der Waals surface area (Å²) in [7, 11) is 0. The first kappa shape index (κ1) is 27.5. The Morgan fingerprint density at radius 2 is 0.980 bits per heavy atom. The maximum absolute atomic E-state index is 6.49. The van der Waals surface area contributed by atoms with E-state index in [1.807, 2.05) is 6.07 Å². The number of hydrogen-bond donors (Lipinski definition) is 0. The van der Waals surface area contributed by atoms with Crippen molar-refractivity contribution in [2.24, 2.45) is 0 Å². The summed E-state index contributed by atoms with van der Waals surface area (Å²) in [6.07, 6.45) is 0. The summed E-state index contributed by atoms with van der Waals surface area (Å²) in [6.45, 7) is 0. The monoisotopic (exact) mass is 626 g/mol. The van der Waals surface area contributed by atoms with Crippen LogP contribution < -0.4 is 4.90 Å². The van der Waals surface area contributed by atoms with Gasteiger partial charge in [-0.1, -0.05) is 121 Å². The van der Waals surface area contributed by atoms with E-state index in [1.54, 1.807) is 0 Å². The van der Waals surface area contributed by atoms with Crippen molar-refractivity contribution in [2.75, 3.05) is 4.90 Å². The second kappa shape index (κ2) is 11.0. The van der Waals surface area contributed by atoms with Gasteiger partial charge in [-0.3, -0.25) is 0 Å². The molecule has 230 valence electrons. The molecule has 0 radical (unpaired) electrons. The molecule has 10 rings (SSSR count). The Balaban J connectivity index is 1.22. The minimum absolute atomic E-state index is 0.896. The number of nitrogens with zero attached hydrogens (tertiary/aromatic N) is 2. The Bertz CT molecular complexity index is 2770. The van der Waals surface area contributed by atoms with Crippen LogP contribution in [0.3, 0.4) is 0 Å². The van der Waals surface area contributed by atoms with Crippen LogP contribution in [0.15, 0.2) is 186 Å². The number of anilines is 3. The van der Waals surface area contributed by atoms with Gasteiger partial charge in [0, 0.05) is 49.4 Å². The Morgan fingerprint density at radius 3 is 1.71 bits per heavy atom. The fraction of sp³-hybridized carbons (Fsp3) is 0. The molecule has 0 unspecified atom stereocenters. The summed E-state index contributed by atoms with van der Waals surface area (Å²) in [4.78, 5) is 2.39. The fourth-order valence-corrected chi connectivity index (χ4v) is 7.55. The van der Waals surface area contributed by atoms with Gasteiger partial charge in [-0.15, -0.1) is 0 Å². The van der Waals surface area contributed by atoms with E-state index in [2.05, 4.69) is 185 Å². The third kappa shape index (κ3) is 4.37. The average Bonchev–Trinajstić information content (AvgIpc) is 3.72. The van der Waals surface area contributed by atoms with Crippen molar-refractivity contribution in [1.82, 2.24) is 4.57 Å². The molecule has 0 fully saturated rings. The molecule has 0 aliphatic heterocycles. The van der Waals surface area contributed by atoms with Gasteiger partial charge in [0.15, 0.2) is 0 Å². The zero-order valence-electron chi connectivity index (χ0n) is 26.6. The lowest BCUT2D eigenvalue weighted by atomic mass is 10.0. The summed E-state index contributed by atoms with van der Waals surface area (Å²) in [6, 6.07) is 65.0. The highest BCUT2D eigenvalue weighted by atomic mass is 16.3. The Kier molecular flexibility index (Phi) is 6.18. The van der Waals surface area contributed by atoms with Crippen LogP contribution in [0.2, 0.25) is 0 Å². The maximum atomic E-state index is 6.49. The molecule has 3 nitrogen and oxygen atoms in total. The van der Waals surface area contributed by atoms with Crippen LogP contribution in [0.4, 0.5) is 17.1 Å². The minimum Gasteiger partial charge on any atom is -0.455 e. The molecular formula is C46H30N2O. The van der Waals surface area contributed by atoms with E-state index in [4.69, 9.17) is 4.42 Å². The van der Waals surface area contributed by atoms with Gasteiger partial charge in [0.1, 0.15) is 11.2 Å². The molecular weight excluding hydrogens is 597 g/mol. The van der Waals surface area contributed by atoms with Gasteiger partial charge >= 0.3 is 0 Å². The van der Waals surface area contributed by atoms with Crippen molar-refractivity contribution < 1.29 is 4.42 Å². The van der Waals surface area contributed by atoms with Crippen LogP contribution in [0.1, 0.15) is 0 Å². The molecule has 10 aromatic rings. The van der Waals surface area contributed by atoms with Gasteiger partial charge in [-0.05, 0) is 71.8 Å². The van der Waals surface area contributed by atoms with Crippen molar-refractivity contribution in [3.8, 4) is 16.8 Å². The molecule has 0 bridgehead atoms. The summed E-state index contributed by atoms with van der Waals surface area (Å²) < 4.78 is 8.86. The summed E-state index contributed by atoms with van der Waals surface area (Å²) in [5.74, 6) is 0. The van der Waals surface area contributed by atoms with E-state index >= 15 is 0 Å². The van der Waals surface area contributed by atoms with E-state index in [-0.39, 0.29) is 0 Å². The second-order valence-electron chi connectivity index (χ2n) is 12.6. The molecule has 2 aromatic heterocycles. The zero-order valence-corrected chi connectivity index (χ0v) is 26.6. The van der Waals surface area contributed by atoms with Crippen molar-refractivity contribution >= 4 is 71.6 Å². The average molecular weight is 627 g/mol. The topological polar surface area (TPSA) is 21.3 Å².